The van der Waals surface area contributed by atoms with Crippen LogP contribution in [0.1, 0.15) is 18.4 Å². The predicted molar refractivity (Wildman–Crippen MR) is 81.2 cm³/mol. The number of non-ortho nitro benzene ring substituents is 1. The summed E-state index contributed by atoms with van der Waals surface area (Å²) < 4.78 is 5.43. The molecular formula is C14H18N2O4S. The van der Waals surface area contributed by atoms with Crippen LogP contribution in [-0.4, -0.2) is 35.8 Å². The van der Waals surface area contributed by atoms with E-state index in [0.29, 0.717) is 18.1 Å². The molecule has 0 aliphatic carbocycles. The lowest BCUT2D eigenvalue weighted by atomic mass is 10.2. The molecule has 1 atom stereocenters. The van der Waals surface area contributed by atoms with Crippen LogP contribution in [0.2, 0.25) is 0 Å². The second-order valence-electron chi connectivity index (χ2n) is 4.86. The molecule has 7 heteroatoms. The number of carbonyl (C=O) groups excluding carboxylic acids is 1. The number of hydrogen-bond acceptors (Lipinski definition) is 5. The summed E-state index contributed by atoms with van der Waals surface area (Å²) in [5.41, 5.74) is 1.05. The Morgan fingerprint density at radius 3 is 2.81 bits per heavy atom. The molecule has 6 nitrogen and oxygen atoms in total. The maximum absolute atomic E-state index is 11.7. The second kappa shape index (κ2) is 7.99. The quantitative estimate of drug-likeness (QED) is 0.616. The minimum atomic E-state index is -0.421. The van der Waals surface area contributed by atoms with Crippen LogP contribution in [-0.2, 0) is 15.3 Å². The van der Waals surface area contributed by atoms with E-state index in [1.165, 1.54) is 23.9 Å². The Morgan fingerprint density at radius 2 is 2.19 bits per heavy atom. The zero-order chi connectivity index (χ0) is 15.1. The molecule has 1 aromatic rings. The summed E-state index contributed by atoms with van der Waals surface area (Å²) in [4.78, 5) is 21.8. The van der Waals surface area contributed by atoms with Crippen molar-refractivity contribution >= 4 is 23.4 Å². The molecule has 1 amide bonds. The average molecular weight is 310 g/mol. The van der Waals surface area contributed by atoms with Crippen molar-refractivity contribution in [2.24, 2.45) is 0 Å². The molecule has 21 heavy (non-hydrogen) atoms. The van der Waals surface area contributed by atoms with Crippen LogP contribution in [0.15, 0.2) is 24.3 Å². The summed E-state index contributed by atoms with van der Waals surface area (Å²) in [5, 5.41) is 13.4. The zero-order valence-corrected chi connectivity index (χ0v) is 12.4. The highest BCUT2D eigenvalue weighted by molar-refractivity contribution is 7.99. The van der Waals surface area contributed by atoms with Crippen molar-refractivity contribution in [2.45, 2.75) is 24.7 Å². The number of nitro benzene ring substituents is 1. The molecule has 1 heterocycles. The summed E-state index contributed by atoms with van der Waals surface area (Å²) in [7, 11) is 0. The highest BCUT2D eigenvalue weighted by atomic mass is 32.2. The number of nitrogens with one attached hydrogen (secondary N) is 1. The molecule has 0 unspecified atom stereocenters. The van der Waals surface area contributed by atoms with E-state index in [9.17, 15) is 14.9 Å². The van der Waals surface area contributed by atoms with Gasteiger partial charge in [0.25, 0.3) is 5.69 Å². The second-order valence-corrected chi connectivity index (χ2v) is 5.84. The smallest absolute Gasteiger partial charge is 0.269 e. The van der Waals surface area contributed by atoms with Gasteiger partial charge in [0, 0.05) is 31.0 Å². The van der Waals surface area contributed by atoms with Crippen molar-refractivity contribution in [1.82, 2.24) is 5.32 Å². The molecule has 1 aliphatic rings. The van der Waals surface area contributed by atoms with E-state index in [1.54, 1.807) is 12.1 Å². The summed E-state index contributed by atoms with van der Waals surface area (Å²) in [6, 6.07) is 6.39. The number of carbonyl (C=O) groups is 1. The van der Waals surface area contributed by atoms with Gasteiger partial charge in [-0.2, -0.15) is 0 Å². The van der Waals surface area contributed by atoms with Crippen LogP contribution in [0.3, 0.4) is 0 Å². The Bertz CT molecular complexity index is 486. The lowest BCUT2D eigenvalue weighted by Crippen LogP contribution is -2.32. The maximum atomic E-state index is 11.7. The van der Waals surface area contributed by atoms with Crippen LogP contribution in [0, 0.1) is 10.1 Å². The van der Waals surface area contributed by atoms with Crippen molar-refractivity contribution in [1.29, 1.82) is 0 Å². The summed E-state index contributed by atoms with van der Waals surface area (Å²) >= 11 is 1.49. The number of ether oxygens (including phenoxy) is 1. The van der Waals surface area contributed by atoms with Crippen LogP contribution in [0.5, 0.6) is 0 Å². The topological polar surface area (TPSA) is 81.5 Å². The van der Waals surface area contributed by atoms with Crippen LogP contribution < -0.4 is 5.32 Å². The third-order valence-electron chi connectivity index (χ3n) is 3.20. The highest BCUT2D eigenvalue weighted by Gasteiger charge is 2.15. The number of benzene rings is 1. The fourth-order valence-corrected chi connectivity index (χ4v) is 2.88. The Hall–Kier alpha value is -1.60. The van der Waals surface area contributed by atoms with Crippen molar-refractivity contribution in [3.63, 3.8) is 0 Å². The summed E-state index contributed by atoms with van der Waals surface area (Å²) in [6.45, 7) is 1.37. The number of rotatable bonds is 7. The summed E-state index contributed by atoms with van der Waals surface area (Å²) in [5.74, 6) is 1.03. The lowest BCUT2D eigenvalue weighted by molar-refractivity contribution is -0.384. The van der Waals surface area contributed by atoms with E-state index < -0.39 is 4.92 Å². The van der Waals surface area contributed by atoms with Gasteiger partial charge in [0.15, 0.2) is 0 Å². The van der Waals surface area contributed by atoms with Gasteiger partial charge in [0.05, 0.1) is 16.8 Å². The van der Waals surface area contributed by atoms with Gasteiger partial charge in [0.2, 0.25) is 5.91 Å². The van der Waals surface area contributed by atoms with E-state index in [4.69, 9.17) is 4.74 Å². The standard InChI is InChI=1S/C14H18N2O4S/c17-14(15-8-13-2-1-7-20-13)10-21-9-11-3-5-12(6-4-11)16(18)19/h3-6,13H,1-2,7-10H2,(H,15,17)/t13-/m1/s1. The number of thioether (sulfide) groups is 1. The molecule has 1 fully saturated rings. The van der Waals surface area contributed by atoms with E-state index in [-0.39, 0.29) is 17.7 Å². The van der Waals surface area contributed by atoms with Crippen LogP contribution in [0.4, 0.5) is 5.69 Å². The Morgan fingerprint density at radius 1 is 1.43 bits per heavy atom. The molecule has 0 radical (unpaired) electrons. The third kappa shape index (κ3) is 5.35. The highest BCUT2D eigenvalue weighted by Crippen LogP contribution is 2.16. The first kappa shape index (κ1) is 15.8. The van der Waals surface area contributed by atoms with Gasteiger partial charge in [-0.3, -0.25) is 14.9 Å². The fraction of sp³-hybridized carbons (Fsp3) is 0.500. The minimum absolute atomic E-state index is 0.00240. The molecule has 1 aromatic carbocycles. The van der Waals surface area contributed by atoms with Crippen molar-refractivity contribution < 1.29 is 14.5 Å². The minimum Gasteiger partial charge on any atom is -0.376 e. The molecule has 0 aromatic heterocycles. The van der Waals surface area contributed by atoms with E-state index in [0.717, 1.165) is 25.0 Å². The maximum Gasteiger partial charge on any atom is 0.269 e. The number of nitrogens with zero attached hydrogens (tertiary/aromatic N) is 1. The van der Waals surface area contributed by atoms with Gasteiger partial charge in [-0.15, -0.1) is 11.8 Å². The molecule has 0 bridgehead atoms. The summed E-state index contributed by atoms with van der Waals surface area (Å²) in [6.07, 6.45) is 2.24. The largest absolute Gasteiger partial charge is 0.376 e. The van der Waals surface area contributed by atoms with Crippen LogP contribution >= 0.6 is 11.8 Å². The lowest BCUT2D eigenvalue weighted by Gasteiger charge is -2.10. The van der Waals surface area contributed by atoms with Crippen LogP contribution in [0.25, 0.3) is 0 Å². The van der Waals surface area contributed by atoms with Gasteiger partial charge in [-0.25, -0.2) is 0 Å². The Kier molecular flexibility index (Phi) is 6.01. The average Bonchev–Trinajstić information content (AvgIpc) is 2.99. The fourth-order valence-electron chi connectivity index (χ4n) is 2.06. The zero-order valence-electron chi connectivity index (χ0n) is 11.6. The SMILES string of the molecule is O=C(CSCc1ccc([N+](=O)[O-])cc1)NC[C@H]1CCCO1. The molecule has 2 rings (SSSR count). The van der Waals surface area contributed by atoms with Crippen molar-refractivity contribution in [3.05, 3.63) is 39.9 Å². The molecule has 1 saturated heterocycles. The number of amides is 1. The Balaban J connectivity index is 1.63. The third-order valence-corrected chi connectivity index (χ3v) is 4.20. The first-order valence-electron chi connectivity index (χ1n) is 6.84. The molecule has 1 aliphatic heterocycles. The monoisotopic (exact) mass is 310 g/mol. The number of nitro groups is 1. The molecule has 0 spiro atoms. The first-order chi connectivity index (χ1) is 10.1. The molecule has 1 N–H and O–H groups in total. The van der Waals surface area contributed by atoms with E-state index in [2.05, 4.69) is 5.32 Å². The molecular weight excluding hydrogens is 292 g/mol. The van der Waals surface area contributed by atoms with E-state index in [1.807, 2.05) is 0 Å². The van der Waals surface area contributed by atoms with Crippen molar-refractivity contribution in [3.8, 4) is 0 Å². The van der Waals surface area contributed by atoms with Gasteiger partial charge in [0.1, 0.15) is 0 Å². The van der Waals surface area contributed by atoms with Gasteiger partial charge in [-0.05, 0) is 18.4 Å². The van der Waals surface area contributed by atoms with Gasteiger partial charge < -0.3 is 10.1 Å². The van der Waals surface area contributed by atoms with Gasteiger partial charge >= 0.3 is 0 Å². The Labute approximate surface area is 127 Å². The van der Waals surface area contributed by atoms with E-state index >= 15 is 0 Å². The molecule has 114 valence electrons. The normalized spacial score (nSPS) is 17.6. The van der Waals surface area contributed by atoms with Gasteiger partial charge in [-0.1, -0.05) is 12.1 Å². The van der Waals surface area contributed by atoms with Crippen molar-refractivity contribution in [2.75, 3.05) is 18.9 Å². The number of hydrogen-bond donors (Lipinski definition) is 1. The molecule has 0 saturated carbocycles. The predicted octanol–water partition coefficient (Wildman–Crippen LogP) is 2.12. The first-order valence-corrected chi connectivity index (χ1v) is 8.00.